The molecule has 502 valence electrons. The number of carbonyl (C=O) groups excluding carboxylic acids is 3. The number of methoxy groups -OCH3 is 1. The third-order valence-corrected chi connectivity index (χ3v) is 28.4. The minimum absolute atomic E-state index is 0.0312. The maximum Gasteiger partial charge on any atom is 0.410 e. The van der Waals surface area contributed by atoms with Gasteiger partial charge in [-0.2, -0.15) is 15.1 Å². The van der Waals surface area contributed by atoms with Gasteiger partial charge in [-0.15, -0.1) is 5.54 Å². The van der Waals surface area contributed by atoms with Crippen molar-refractivity contribution in [3.63, 3.8) is 0 Å². The number of nitrogens with zero attached hydrogens (tertiary/aromatic N) is 10. The monoisotopic (exact) mass is 1300 g/mol. The van der Waals surface area contributed by atoms with E-state index in [0.29, 0.717) is 100 Å². The first-order valence-electron chi connectivity index (χ1n) is 34.6. The summed E-state index contributed by atoms with van der Waals surface area (Å²) in [7, 11) is 1.13. The van der Waals surface area contributed by atoms with Crippen molar-refractivity contribution in [2.45, 2.75) is 179 Å². The number of aromatic nitrogens is 5. The lowest BCUT2D eigenvalue weighted by molar-refractivity contribution is -0.134. The number of carbonyl (C=O) groups is 3. The van der Waals surface area contributed by atoms with Gasteiger partial charge in [0.15, 0.2) is 12.6 Å². The quantitative estimate of drug-likeness (QED) is 0.0372. The van der Waals surface area contributed by atoms with Gasteiger partial charge in [0, 0.05) is 93.8 Å². The maximum absolute atomic E-state index is 18.3. The molecular formula is C73H95F2N11O7Si. The van der Waals surface area contributed by atoms with Crippen molar-refractivity contribution < 1.29 is 42.1 Å². The summed E-state index contributed by atoms with van der Waals surface area (Å²) in [4.78, 5) is 65.2. The number of ether oxygens (including phenoxy) is 4. The molecule has 6 aromatic rings. The SMILES string of the molecule is COCOc1cc(-c2ncc3c(N4CC5CCC(C4)N5C(=O)OC(C)(C)C)nc(OCC4(CN5CCC(N6CC(CN7CCC(c8ccc9c(C%10CCC(=O)NC%10=O)nn(C)c9c8)CC7)C6)CC5)CC4)nc3c2F)c2c(C#C[Si](C(C)C)(C(C)C)C(C)C)c(F)ccc2c1. The molecule has 6 saturated heterocycles. The summed E-state index contributed by atoms with van der Waals surface area (Å²) in [5, 5.41) is 9.72. The van der Waals surface area contributed by atoms with Gasteiger partial charge >= 0.3 is 12.1 Å². The van der Waals surface area contributed by atoms with Crippen LogP contribution in [-0.4, -0.2) is 180 Å². The number of hydrogen-bond acceptors (Lipinski definition) is 15. The van der Waals surface area contributed by atoms with Crippen LogP contribution in [0.5, 0.6) is 11.8 Å². The summed E-state index contributed by atoms with van der Waals surface area (Å²) < 4.78 is 60.8. The Morgan fingerprint density at radius 3 is 2.18 bits per heavy atom. The Kier molecular flexibility index (Phi) is 18.4. The average Bonchev–Trinajstić information content (AvgIpc) is 1.41. The third-order valence-electron chi connectivity index (χ3n) is 22.1. The zero-order valence-electron chi connectivity index (χ0n) is 57.0. The van der Waals surface area contributed by atoms with Crippen molar-refractivity contribution >= 4 is 64.4 Å². The molecular weight excluding hydrogens is 1210 g/mol. The van der Waals surface area contributed by atoms with Gasteiger partial charge in [0.1, 0.15) is 42.3 Å². The van der Waals surface area contributed by atoms with E-state index in [1.54, 1.807) is 24.4 Å². The summed E-state index contributed by atoms with van der Waals surface area (Å²) in [5.41, 5.74) is 7.52. The highest BCUT2D eigenvalue weighted by Gasteiger charge is 2.48. The van der Waals surface area contributed by atoms with E-state index in [2.05, 4.69) is 96.1 Å². The largest absolute Gasteiger partial charge is 0.468 e. The van der Waals surface area contributed by atoms with Gasteiger partial charge in [-0.05, 0) is 168 Å². The minimum Gasteiger partial charge on any atom is -0.468 e. The molecule has 3 unspecified atom stereocenters. The van der Waals surface area contributed by atoms with Crippen molar-refractivity contribution in [3.8, 4) is 34.5 Å². The molecule has 2 bridgehead atoms. The van der Waals surface area contributed by atoms with E-state index in [1.165, 1.54) is 18.7 Å². The first-order chi connectivity index (χ1) is 45.0. The Morgan fingerprint density at radius 1 is 0.819 bits per heavy atom. The van der Waals surface area contributed by atoms with Crippen molar-refractivity contribution in [2.75, 3.05) is 90.9 Å². The molecule has 7 fully saturated rings. The molecule has 1 N–H and O–H groups in total. The molecule has 7 aliphatic rings. The van der Waals surface area contributed by atoms with Crippen molar-refractivity contribution in [2.24, 2.45) is 18.4 Å². The Hall–Kier alpha value is -6.83. The predicted octanol–water partition coefficient (Wildman–Crippen LogP) is 12.1. The zero-order valence-corrected chi connectivity index (χ0v) is 58.0. The van der Waals surface area contributed by atoms with Crippen LogP contribution in [0, 0.1) is 34.4 Å². The van der Waals surface area contributed by atoms with Gasteiger partial charge in [0.05, 0.1) is 46.8 Å². The van der Waals surface area contributed by atoms with Crippen LogP contribution in [0.25, 0.3) is 43.8 Å². The van der Waals surface area contributed by atoms with Gasteiger partial charge in [-0.1, -0.05) is 65.7 Å². The molecule has 1 saturated carbocycles. The van der Waals surface area contributed by atoms with E-state index in [0.717, 1.165) is 120 Å². The molecule has 3 atom stereocenters. The first kappa shape index (κ1) is 65.8. The normalized spacial score (nSPS) is 22.0. The lowest BCUT2D eigenvalue weighted by atomic mass is 9.87. The Labute approximate surface area is 553 Å². The zero-order chi connectivity index (χ0) is 66.1. The van der Waals surface area contributed by atoms with Crippen molar-refractivity contribution in [1.29, 1.82) is 0 Å². The van der Waals surface area contributed by atoms with E-state index in [-0.39, 0.29) is 65.0 Å². The molecule has 9 heterocycles. The molecule has 21 heteroatoms. The van der Waals surface area contributed by atoms with Crippen molar-refractivity contribution in [3.05, 3.63) is 77.1 Å². The van der Waals surface area contributed by atoms with Crippen LogP contribution in [0.1, 0.15) is 155 Å². The van der Waals surface area contributed by atoms with Crippen LogP contribution in [0.4, 0.5) is 19.4 Å². The highest BCUT2D eigenvalue weighted by molar-refractivity contribution is 6.90. The summed E-state index contributed by atoms with van der Waals surface area (Å²) in [6.45, 7) is 28.8. The molecule has 6 aliphatic heterocycles. The Balaban J connectivity index is 0.691. The lowest BCUT2D eigenvalue weighted by Gasteiger charge is -2.49. The van der Waals surface area contributed by atoms with Crippen LogP contribution in [0.15, 0.2) is 48.7 Å². The molecule has 94 heavy (non-hydrogen) atoms. The van der Waals surface area contributed by atoms with E-state index in [1.807, 2.05) is 37.4 Å². The molecule has 0 spiro atoms. The fourth-order valence-electron chi connectivity index (χ4n) is 17.0. The molecule has 3 aromatic carbocycles. The standard InChI is InChI=1S/C73H95F2N11O7Si/c1-44(2)94(45(3)4,46(5)6)31-24-55-60(74)18-13-50-32-54(92-43-90-11)34-58(63(50)55)66-64(75)67-59(35-76-66)68(85-39-52-14-15-53(40-85)86(52)71(89)93-72(7,8)9)79-70(78-67)91-42-73(25-26-73)41-83-29-22-51(23-30-83)84-37-47(38-84)36-82-27-20-48(21-28-82)49-12-16-56-61(33-49)81(10)80-65(56)57-17-19-62(87)77-69(57)88/h12-13,16,18,32-35,44-48,51-53,57H,14-15,17,19-23,25-30,36-43H2,1-11H3,(H,77,87,88). The van der Waals surface area contributed by atoms with E-state index >= 15 is 8.78 Å². The number of halogens is 2. The van der Waals surface area contributed by atoms with Gasteiger partial charge < -0.3 is 33.6 Å². The number of imide groups is 1. The average molecular weight is 1300 g/mol. The van der Waals surface area contributed by atoms with Gasteiger partial charge in [0.2, 0.25) is 11.8 Å². The maximum atomic E-state index is 18.3. The second-order valence-corrected chi connectivity index (χ2v) is 35.9. The topological polar surface area (TPSA) is 173 Å². The number of amides is 3. The molecule has 0 radical (unpaired) electrons. The number of rotatable bonds is 18. The summed E-state index contributed by atoms with van der Waals surface area (Å²) in [6, 6.07) is 13.6. The minimum atomic E-state index is -2.35. The fourth-order valence-corrected chi connectivity index (χ4v) is 22.2. The van der Waals surface area contributed by atoms with E-state index in [9.17, 15) is 14.4 Å². The molecule has 18 nitrogen and oxygen atoms in total. The smallest absolute Gasteiger partial charge is 0.410 e. The number of pyridine rings is 1. The highest BCUT2D eigenvalue weighted by atomic mass is 28.3. The highest BCUT2D eigenvalue weighted by Crippen LogP contribution is 2.48. The summed E-state index contributed by atoms with van der Waals surface area (Å²) in [5.74, 6) is 3.37. The summed E-state index contributed by atoms with van der Waals surface area (Å²) in [6.07, 6.45) is 10.2. The molecule has 3 amide bonds. The lowest BCUT2D eigenvalue weighted by Crippen LogP contribution is -2.58. The van der Waals surface area contributed by atoms with Crippen LogP contribution < -0.4 is 19.7 Å². The van der Waals surface area contributed by atoms with E-state index < -0.39 is 31.2 Å². The second kappa shape index (κ2) is 26.3. The number of anilines is 1. The number of benzene rings is 3. The third kappa shape index (κ3) is 13.0. The number of hydrogen-bond donors (Lipinski definition) is 1. The predicted molar refractivity (Wildman–Crippen MR) is 364 cm³/mol. The van der Waals surface area contributed by atoms with Crippen LogP contribution in [0.2, 0.25) is 16.6 Å². The van der Waals surface area contributed by atoms with E-state index in [4.69, 9.17) is 39.0 Å². The molecule has 3 aromatic heterocycles. The number of likely N-dealkylation sites (tertiary alicyclic amines) is 3. The van der Waals surface area contributed by atoms with Crippen LogP contribution in [0.3, 0.4) is 0 Å². The van der Waals surface area contributed by atoms with Gasteiger partial charge in [-0.3, -0.25) is 34.4 Å². The Morgan fingerprint density at radius 2 is 1.52 bits per heavy atom. The number of piperidine rings is 3. The summed E-state index contributed by atoms with van der Waals surface area (Å²) >= 11 is 0. The van der Waals surface area contributed by atoms with Crippen molar-refractivity contribution in [1.82, 2.24) is 49.6 Å². The number of piperazine rings is 1. The van der Waals surface area contributed by atoms with Crippen LogP contribution >= 0.6 is 0 Å². The number of fused-ring (bicyclic) bond motifs is 5. The number of nitrogens with one attached hydrogen (secondary N) is 1. The Bertz CT molecular complexity index is 3890. The van der Waals surface area contributed by atoms with Crippen LogP contribution in [-0.2, 0) is 26.1 Å². The number of aryl methyl sites for hydroxylation is 1. The van der Waals surface area contributed by atoms with Gasteiger partial charge in [0.25, 0.3) is 0 Å². The fraction of sp³-hybridized carbons (Fsp3) is 0.603. The van der Waals surface area contributed by atoms with Gasteiger partial charge in [-0.25, -0.2) is 13.6 Å². The first-order valence-corrected chi connectivity index (χ1v) is 36.9. The molecule has 13 rings (SSSR count). The second-order valence-electron chi connectivity index (χ2n) is 30.4. The molecule has 1 aliphatic carbocycles.